The number of piperazine rings is 1. The highest BCUT2D eigenvalue weighted by Gasteiger charge is 2.24. The summed E-state index contributed by atoms with van der Waals surface area (Å²) in [6.45, 7) is 2.11. The minimum Gasteiger partial charge on any atom is -0.497 e. The molecule has 0 bridgehead atoms. The van der Waals surface area contributed by atoms with Crippen LogP contribution in [0.15, 0.2) is 84.9 Å². The number of hydrogen-bond acceptors (Lipinski definition) is 7. The van der Waals surface area contributed by atoms with Crippen molar-refractivity contribution < 1.29 is 19.1 Å². The van der Waals surface area contributed by atoms with Crippen molar-refractivity contribution in [3.8, 4) is 22.8 Å². The highest BCUT2D eigenvalue weighted by Crippen LogP contribution is 2.22. The molecule has 2 heterocycles. The monoisotopic (exact) mass is 497 g/mol. The number of hydrogen-bond donors (Lipinski definition) is 0. The normalized spacial score (nSPS) is 13.3. The Bertz CT molecular complexity index is 1290. The quantitative estimate of drug-likeness (QED) is 0.361. The maximum Gasteiger partial charge on any atom is 0.378 e. The maximum atomic E-state index is 12.8. The van der Waals surface area contributed by atoms with Gasteiger partial charge in [-0.15, -0.1) is 5.10 Å². The second-order valence-corrected chi connectivity index (χ2v) is 8.51. The maximum absolute atomic E-state index is 12.8. The SMILES string of the molecule is COc1ccc(N2CCN(C(=O)COC(=O)c3nc(-c4ccccc4)n(-c4ccccc4)n3)CC2)cc1. The molecule has 0 unspecified atom stereocenters. The molecule has 9 heteroatoms. The Kier molecular flexibility index (Phi) is 7.12. The van der Waals surface area contributed by atoms with Gasteiger partial charge in [0.1, 0.15) is 5.75 Å². The van der Waals surface area contributed by atoms with Gasteiger partial charge in [-0.05, 0) is 36.4 Å². The van der Waals surface area contributed by atoms with E-state index in [-0.39, 0.29) is 18.3 Å². The van der Waals surface area contributed by atoms with E-state index < -0.39 is 5.97 Å². The molecule has 188 valence electrons. The van der Waals surface area contributed by atoms with Gasteiger partial charge in [-0.1, -0.05) is 48.5 Å². The lowest BCUT2D eigenvalue weighted by Crippen LogP contribution is -2.49. The van der Waals surface area contributed by atoms with E-state index >= 15 is 0 Å². The summed E-state index contributed by atoms with van der Waals surface area (Å²) in [6.07, 6.45) is 0. The lowest BCUT2D eigenvalue weighted by Gasteiger charge is -2.36. The first kappa shape index (κ1) is 24.1. The molecule has 1 fully saturated rings. The number of esters is 1. The summed E-state index contributed by atoms with van der Waals surface area (Å²) in [7, 11) is 1.64. The van der Waals surface area contributed by atoms with E-state index in [1.54, 1.807) is 16.7 Å². The van der Waals surface area contributed by atoms with E-state index in [0.29, 0.717) is 32.0 Å². The lowest BCUT2D eigenvalue weighted by molar-refractivity contribution is -0.134. The van der Waals surface area contributed by atoms with Crippen LogP contribution >= 0.6 is 0 Å². The summed E-state index contributed by atoms with van der Waals surface area (Å²) in [5.74, 6) is 0.239. The number of anilines is 1. The summed E-state index contributed by atoms with van der Waals surface area (Å²) < 4.78 is 12.1. The van der Waals surface area contributed by atoms with E-state index in [1.807, 2.05) is 84.9 Å². The molecule has 0 N–H and O–H groups in total. The summed E-state index contributed by atoms with van der Waals surface area (Å²) in [5, 5.41) is 4.39. The minimum absolute atomic E-state index is 0.0974. The zero-order chi connectivity index (χ0) is 25.6. The Morgan fingerprint density at radius 1 is 0.811 bits per heavy atom. The molecule has 1 aliphatic rings. The first-order valence-electron chi connectivity index (χ1n) is 12.0. The van der Waals surface area contributed by atoms with Gasteiger partial charge in [0.05, 0.1) is 12.8 Å². The topological polar surface area (TPSA) is 89.8 Å². The van der Waals surface area contributed by atoms with Crippen molar-refractivity contribution in [2.75, 3.05) is 44.8 Å². The largest absolute Gasteiger partial charge is 0.497 e. The average Bonchev–Trinajstić information content (AvgIpc) is 3.43. The molecule has 1 aromatic heterocycles. The van der Waals surface area contributed by atoms with Crippen molar-refractivity contribution in [1.82, 2.24) is 19.7 Å². The Morgan fingerprint density at radius 3 is 2.11 bits per heavy atom. The van der Waals surface area contributed by atoms with E-state index in [9.17, 15) is 9.59 Å². The van der Waals surface area contributed by atoms with Crippen LogP contribution in [0.25, 0.3) is 17.1 Å². The molecule has 3 aromatic carbocycles. The van der Waals surface area contributed by atoms with Crippen molar-refractivity contribution in [1.29, 1.82) is 0 Å². The number of methoxy groups -OCH3 is 1. The number of nitrogens with zero attached hydrogens (tertiary/aromatic N) is 5. The first-order valence-corrected chi connectivity index (χ1v) is 12.0. The molecular weight excluding hydrogens is 470 g/mol. The predicted octanol–water partition coefficient (Wildman–Crippen LogP) is 3.45. The number of carbonyl (C=O) groups excluding carboxylic acids is 2. The number of amides is 1. The van der Waals surface area contributed by atoms with Crippen LogP contribution in [-0.4, -0.2) is 71.4 Å². The van der Waals surface area contributed by atoms with Crippen LogP contribution < -0.4 is 9.64 Å². The summed E-state index contributed by atoms with van der Waals surface area (Å²) >= 11 is 0. The van der Waals surface area contributed by atoms with Crippen molar-refractivity contribution in [2.45, 2.75) is 0 Å². The second kappa shape index (κ2) is 10.9. The van der Waals surface area contributed by atoms with Crippen molar-refractivity contribution in [3.05, 3.63) is 90.8 Å². The molecule has 5 rings (SSSR count). The molecule has 0 atom stereocenters. The molecule has 0 spiro atoms. The molecule has 1 amide bonds. The van der Waals surface area contributed by atoms with Crippen molar-refractivity contribution in [3.63, 3.8) is 0 Å². The van der Waals surface area contributed by atoms with Gasteiger partial charge in [-0.25, -0.2) is 14.5 Å². The third-order valence-electron chi connectivity index (χ3n) is 6.22. The van der Waals surface area contributed by atoms with Gasteiger partial charge in [-0.2, -0.15) is 0 Å². The third kappa shape index (κ3) is 5.45. The lowest BCUT2D eigenvalue weighted by atomic mass is 10.2. The first-order chi connectivity index (χ1) is 18.1. The van der Waals surface area contributed by atoms with Crippen LogP contribution in [0.3, 0.4) is 0 Å². The Labute approximate surface area is 214 Å². The van der Waals surface area contributed by atoms with Gasteiger partial charge >= 0.3 is 5.97 Å². The molecule has 0 radical (unpaired) electrons. The smallest absolute Gasteiger partial charge is 0.378 e. The fraction of sp³-hybridized carbons (Fsp3) is 0.214. The summed E-state index contributed by atoms with van der Waals surface area (Å²) in [4.78, 5) is 33.9. The van der Waals surface area contributed by atoms with Crippen LogP contribution in [0.1, 0.15) is 10.6 Å². The van der Waals surface area contributed by atoms with Crippen molar-refractivity contribution in [2.24, 2.45) is 0 Å². The van der Waals surface area contributed by atoms with E-state index in [4.69, 9.17) is 9.47 Å². The van der Waals surface area contributed by atoms with E-state index in [1.165, 1.54) is 0 Å². The number of para-hydroxylation sites is 1. The molecular formula is C28H27N5O4. The highest BCUT2D eigenvalue weighted by atomic mass is 16.5. The standard InChI is InChI=1S/C28H27N5O4/c1-36-24-14-12-22(13-15-24)31-16-18-32(19-17-31)25(34)20-37-28(35)26-29-27(21-8-4-2-5-9-21)33(30-26)23-10-6-3-7-11-23/h2-15H,16-20H2,1H3. The number of benzene rings is 3. The minimum atomic E-state index is -0.739. The van der Waals surface area contributed by atoms with E-state index in [0.717, 1.165) is 22.7 Å². The molecule has 0 aliphatic carbocycles. The van der Waals surface area contributed by atoms with Crippen LogP contribution in [0.5, 0.6) is 5.75 Å². The number of carbonyl (C=O) groups is 2. The summed E-state index contributed by atoms with van der Waals surface area (Å²) in [6, 6.07) is 26.8. The van der Waals surface area contributed by atoms with Gasteiger partial charge in [0.2, 0.25) is 0 Å². The van der Waals surface area contributed by atoms with Crippen LogP contribution in [0.4, 0.5) is 5.69 Å². The molecule has 9 nitrogen and oxygen atoms in total. The number of ether oxygens (including phenoxy) is 2. The molecule has 1 saturated heterocycles. The van der Waals surface area contributed by atoms with E-state index in [2.05, 4.69) is 15.0 Å². The molecule has 37 heavy (non-hydrogen) atoms. The highest BCUT2D eigenvalue weighted by molar-refractivity contribution is 5.88. The molecule has 0 saturated carbocycles. The van der Waals surface area contributed by atoms with Gasteiger partial charge in [0.25, 0.3) is 11.7 Å². The fourth-order valence-electron chi connectivity index (χ4n) is 4.21. The third-order valence-corrected chi connectivity index (χ3v) is 6.22. The Morgan fingerprint density at radius 2 is 1.46 bits per heavy atom. The summed E-state index contributed by atoms with van der Waals surface area (Å²) in [5.41, 5.74) is 2.65. The number of rotatable bonds is 7. The fourth-order valence-corrected chi connectivity index (χ4v) is 4.21. The van der Waals surface area contributed by atoms with Gasteiger partial charge in [0, 0.05) is 37.4 Å². The predicted molar refractivity (Wildman–Crippen MR) is 139 cm³/mol. The van der Waals surface area contributed by atoms with Gasteiger partial charge < -0.3 is 19.3 Å². The zero-order valence-corrected chi connectivity index (χ0v) is 20.5. The average molecular weight is 498 g/mol. The van der Waals surface area contributed by atoms with Crippen LogP contribution in [-0.2, 0) is 9.53 Å². The van der Waals surface area contributed by atoms with Crippen LogP contribution in [0, 0.1) is 0 Å². The van der Waals surface area contributed by atoms with Crippen LogP contribution in [0.2, 0.25) is 0 Å². The van der Waals surface area contributed by atoms with Gasteiger partial charge in [-0.3, -0.25) is 4.79 Å². The van der Waals surface area contributed by atoms with Gasteiger partial charge in [0.15, 0.2) is 12.4 Å². The number of aromatic nitrogens is 3. The second-order valence-electron chi connectivity index (χ2n) is 8.51. The zero-order valence-electron chi connectivity index (χ0n) is 20.5. The molecule has 4 aromatic rings. The van der Waals surface area contributed by atoms with Crippen molar-refractivity contribution >= 4 is 17.6 Å². The molecule has 1 aliphatic heterocycles. The Balaban J connectivity index is 1.21. The Hall–Kier alpha value is -4.66.